The minimum Gasteiger partial charge on any atom is -0.497 e. The molecule has 2 aromatic carbocycles. The monoisotopic (exact) mass is 444 g/mol. The molecule has 0 unspecified atom stereocenters. The van der Waals surface area contributed by atoms with Gasteiger partial charge in [0.2, 0.25) is 5.91 Å². The Morgan fingerprint density at radius 3 is 2.33 bits per heavy atom. The highest BCUT2D eigenvalue weighted by Gasteiger charge is 2.40. The van der Waals surface area contributed by atoms with Crippen molar-refractivity contribution in [3.05, 3.63) is 71.0 Å². The molecule has 170 valence electrons. The van der Waals surface area contributed by atoms with Gasteiger partial charge < -0.3 is 15.4 Å². The second-order valence-corrected chi connectivity index (χ2v) is 9.05. The molecule has 1 aliphatic carbocycles. The van der Waals surface area contributed by atoms with E-state index in [1.54, 1.807) is 11.8 Å². The SMILES string of the molecule is COc1ccc(-n2nc(C)c3c2C(=O)N(c2ccc(C4(CC(N)=O)CCC4)cc2)CC3)cc1. The van der Waals surface area contributed by atoms with Crippen LogP contribution in [0.3, 0.4) is 0 Å². The fourth-order valence-corrected chi connectivity index (χ4v) is 5.19. The quantitative estimate of drug-likeness (QED) is 0.628. The minimum absolute atomic E-state index is 0.0593. The molecule has 2 N–H and O–H groups in total. The van der Waals surface area contributed by atoms with Crippen molar-refractivity contribution in [1.29, 1.82) is 0 Å². The average molecular weight is 445 g/mol. The molecule has 0 radical (unpaired) electrons. The Labute approximate surface area is 193 Å². The molecule has 1 aromatic heterocycles. The van der Waals surface area contributed by atoms with E-state index in [4.69, 9.17) is 10.5 Å². The smallest absolute Gasteiger partial charge is 0.277 e. The highest BCUT2D eigenvalue weighted by molar-refractivity contribution is 6.07. The number of primary amides is 1. The number of aromatic nitrogens is 2. The summed E-state index contributed by atoms with van der Waals surface area (Å²) < 4.78 is 6.99. The van der Waals surface area contributed by atoms with Gasteiger partial charge in [0.1, 0.15) is 11.4 Å². The third kappa shape index (κ3) is 3.57. The third-order valence-corrected chi connectivity index (χ3v) is 7.15. The Balaban J connectivity index is 1.45. The van der Waals surface area contributed by atoms with Crippen molar-refractivity contribution in [3.8, 4) is 11.4 Å². The molecule has 7 nitrogen and oxygen atoms in total. The number of aryl methyl sites for hydroxylation is 1. The number of hydrogen-bond acceptors (Lipinski definition) is 4. The molecule has 0 spiro atoms. The van der Waals surface area contributed by atoms with E-state index in [1.807, 2.05) is 60.4 Å². The first-order valence-corrected chi connectivity index (χ1v) is 11.4. The Bertz CT molecular complexity index is 1210. The normalized spacial score (nSPS) is 16.8. The Kier molecular flexibility index (Phi) is 5.19. The van der Waals surface area contributed by atoms with E-state index in [0.717, 1.165) is 59.6 Å². The zero-order chi connectivity index (χ0) is 23.2. The van der Waals surface area contributed by atoms with Crippen LogP contribution in [0.4, 0.5) is 5.69 Å². The van der Waals surface area contributed by atoms with Crippen molar-refractivity contribution in [3.63, 3.8) is 0 Å². The van der Waals surface area contributed by atoms with Crippen LogP contribution in [0.1, 0.15) is 53.0 Å². The van der Waals surface area contributed by atoms with Gasteiger partial charge in [-0.25, -0.2) is 4.68 Å². The maximum absolute atomic E-state index is 13.6. The largest absolute Gasteiger partial charge is 0.497 e. The number of carbonyl (C=O) groups excluding carboxylic acids is 2. The van der Waals surface area contributed by atoms with Gasteiger partial charge in [-0.05, 0) is 68.1 Å². The molecule has 1 saturated carbocycles. The van der Waals surface area contributed by atoms with Crippen molar-refractivity contribution in [1.82, 2.24) is 9.78 Å². The number of nitrogens with two attached hydrogens (primary N) is 1. The van der Waals surface area contributed by atoms with E-state index in [2.05, 4.69) is 5.10 Å². The van der Waals surface area contributed by atoms with Crippen LogP contribution in [0, 0.1) is 6.92 Å². The van der Waals surface area contributed by atoms with E-state index in [9.17, 15) is 9.59 Å². The van der Waals surface area contributed by atoms with Crippen molar-refractivity contribution in [2.75, 3.05) is 18.6 Å². The molecular formula is C26H28N4O3. The van der Waals surface area contributed by atoms with Crippen molar-refractivity contribution >= 4 is 17.5 Å². The van der Waals surface area contributed by atoms with Crippen LogP contribution in [0.2, 0.25) is 0 Å². The number of ether oxygens (including phenoxy) is 1. The molecular weight excluding hydrogens is 416 g/mol. The lowest BCUT2D eigenvalue weighted by atomic mass is 9.62. The lowest BCUT2D eigenvalue weighted by Gasteiger charge is -2.42. The van der Waals surface area contributed by atoms with Gasteiger partial charge in [0.15, 0.2) is 0 Å². The number of carbonyl (C=O) groups is 2. The van der Waals surface area contributed by atoms with E-state index in [-0.39, 0.29) is 17.2 Å². The molecule has 1 aliphatic heterocycles. The summed E-state index contributed by atoms with van der Waals surface area (Å²) in [5.74, 6) is 0.431. The van der Waals surface area contributed by atoms with E-state index >= 15 is 0 Å². The lowest BCUT2D eigenvalue weighted by molar-refractivity contribution is -0.120. The minimum atomic E-state index is -0.264. The van der Waals surface area contributed by atoms with Crippen LogP contribution in [0.5, 0.6) is 5.75 Å². The maximum atomic E-state index is 13.6. The van der Waals surface area contributed by atoms with Gasteiger partial charge in [0.25, 0.3) is 5.91 Å². The predicted molar refractivity (Wildman–Crippen MR) is 126 cm³/mol. The number of fused-ring (bicyclic) bond motifs is 1. The van der Waals surface area contributed by atoms with Crippen LogP contribution >= 0.6 is 0 Å². The fourth-order valence-electron chi connectivity index (χ4n) is 5.19. The van der Waals surface area contributed by atoms with Gasteiger partial charge in [0, 0.05) is 29.6 Å². The third-order valence-electron chi connectivity index (χ3n) is 7.15. The molecule has 1 fully saturated rings. The van der Waals surface area contributed by atoms with Crippen LogP contribution in [0.15, 0.2) is 48.5 Å². The Morgan fingerprint density at radius 1 is 1.09 bits per heavy atom. The molecule has 0 bridgehead atoms. The zero-order valence-electron chi connectivity index (χ0n) is 19.0. The number of amides is 2. The maximum Gasteiger partial charge on any atom is 0.277 e. The first-order valence-electron chi connectivity index (χ1n) is 11.4. The summed E-state index contributed by atoms with van der Waals surface area (Å²) in [6.07, 6.45) is 4.18. The molecule has 2 heterocycles. The number of anilines is 1. The van der Waals surface area contributed by atoms with Gasteiger partial charge in [-0.3, -0.25) is 9.59 Å². The summed E-state index contributed by atoms with van der Waals surface area (Å²) in [4.78, 5) is 27.0. The molecule has 2 aliphatic rings. The number of hydrogen-bond donors (Lipinski definition) is 1. The first-order chi connectivity index (χ1) is 15.9. The van der Waals surface area contributed by atoms with Crippen molar-refractivity contribution in [2.45, 2.75) is 44.4 Å². The predicted octanol–water partition coefficient (Wildman–Crippen LogP) is 3.69. The summed E-state index contributed by atoms with van der Waals surface area (Å²) in [5.41, 5.74) is 10.6. The topological polar surface area (TPSA) is 90.5 Å². The van der Waals surface area contributed by atoms with E-state index in [0.29, 0.717) is 18.7 Å². The first kappa shape index (κ1) is 21.2. The highest BCUT2D eigenvalue weighted by atomic mass is 16.5. The molecule has 3 aromatic rings. The Hall–Kier alpha value is -3.61. The van der Waals surface area contributed by atoms with Crippen LogP contribution in [-0.2, 0) is 16.6 Å². The average Bonchev–Trinajstić information content (AvgIpc) is 3.14. The molecule has 0 saturated heterocycles. The molecule has 5 rings (SSSR count). The van der Waals surface area contributed by atoms with Crippen LogP contribution in [0.25, 0.3) is 5.69 Å². The van der Waals surface area contributed by atoms with Gasteiger partial charge in [-0.1, -0.05) is 18.6 Å². The summed E-state index contributed by atoms with van der Waals surface area (Å²) in [6.45, 7) is 2.56. The number of rotatable bonds is 6. The number of methoxy groups -OCH3 is 1. The van der Waals surface area contributed by atoms with E-state index in [1.165, 1.54) is 0 Å². The second-order valence-electron chi connectivity index (χ2n) is 9.05. The molecule has 7 heteroatoms. The fraction of sp³-hybridized carbons (Fsp3) is 0.346. The van der Waals surface area contributed by atoms with E-state index < -0.39 is 0 Å². The van der Waals surface area contributed by atoms with Crippen molar-refractivity contribution in [2.24, 2.45) is 5.73 Å². The van der Waals surface area contributed by atoms with Gasteiger partial charge in [-0.15, -0.1) is 0 Å². The lowest BCUT2D eigenvalue weighted by Crippen LogP contribution is -2.39. The van der Waals surface area contributed by atoms with Crippen molar-refractivity contribution < 1.29 is 14.3 Å². The van der Waals surface area contributed by atoms with Gasteiger partial charge in [-0.2, -0.15) is 5.10 Å². The number of benzene rings is 2. The summed E-state index contributed by atoms with van der Waals surface area (Å²) >= 11 is 0. The molecule has 0 atom stereocenters. The summed E-state index contributed by atoms with van der Waals surface area (Å²) in [7, 11) is 1.63. The van der Waals surface area contributed by atoms with Gasteiger partial charge in [0.05, 0.1) is 18.5 Å². The standard InChI is InChI=1S/C26H28N4O3/c1-17-22-12-15-29(19-6-4-18(5-7-19)26(13-3-14-26)16-23(27)31)25(32)24(22)30(28-17)20-8-10-21(33-2)11-9-20/h4-11H,3,12-16H2,1-2H3,(H2,27,31). The van der Waals surface area contributed by atoms with Gasteiger partial charge >= 0.3 is 0 Å². The molecule has 33 heavy (non-hydrogen) atoms. The van der Waals surface area contributed by atoms with Crippen LogP contribution in [-0.4, -0.2) is 35.2 Å². The van der Waals surface area contributed by atoms with Crippen LogP contribution < -0.4 is 15.4 Å². The Morgan fingerprint density at radius 2 is 1.76 bits per heavy atom. The summed E-state index contributed by atoms with van der Waals surface area (Å²) in [5, 5.41) is 4.67. The zero-order valence-corrected chi connectivity index (χ0v) is 19.0. The molecule has 2 amide bonds. The number of nitrogens with zero attached hydrogens (tertiary/aromatic N) is 3. The highest BCUT2D eigenvalue weighted by Crippen LogP contribution is 2.46. The summed E-state index contributed by atoms with van der Waals surface area (Å²) in [6, 6.07) is 15.6. The second kappa shape index (κ2) is 8.06.